The van der Waals surface area contributed by atoms with Crippen LogP contribution in [0.2, 0.25) is 0 Å². The molecule has 0 saturated heterocycles. The molecule has 3 rings (SSSR count). The zero-order valence-corrected chi connectivity index (χ0v) is 13.3. The van der Waals surface area contributed by atoms with Gasteiger partial charge in [0.15, 0.2) is 0 Å². The van der Waals surface area contributed by atoms with Crippen LogP contribution in [0.4, 0.5) is 0 Å². The summed E-state index contributed by atoms with van der Waals surface area (Å²) in [7, 11) is 0. The molecule has 0 saturated carbocycles. The second-order valence-electron chi connectivity index (χ2n) is 5.80. The maximum Gasteiger partial charge on any atom is 0.129 e. The van der Waals surface area contributed by atoms with Crippen LogP contribution in [0.25, 0.3) is 5.57 Å². The second kappa shape index (κ2) is 6.28. The zero-order valence-electron chi connectivity index (χ0n) is 13.3. The number of ether oxygens (including phenoxy) is 1. The van der Waals surface area contributed by atoms with E-state index in [4.69, 9.17) is 15.7 Å². The average molecular weight is 304 g/mol. The maximum atomic E-state index is 8.99. The Morgan fingerprint density at radius 3 is 2.52 bits per heavy atom. The van der Waals surface area contributed by atoms with Gasteiger partial charge in [0.1, 0.15) is 11.4 Å². The summed E-state index contributed by atoms with van der Waals surface area (Å²) < 4.78 is 6.30. The van der Waals surface area contributed by atoms with Gasteiger partial charge in [0.25, 0.3) is 0 Å². The number of hydrogen-bond acceptors (Lipinski definition) is 3. The van der Waals surface area contributed by atoms with E-state index in [0.29, 0.717) is 12.1 Å². The monoisotopic (exact) mass is 304 g/mol. The van der Waals surface area contributed by atoms with E-state index in [-0.39, 0.29) is 5.60 Å². The lowest BCUT2D eigenvalue weighted by Gasteiger charge is -2.36. The minimum absolute atomic E-state index is 0.369. The summed E-state index contributed by atoms with van der Waals surface area (Å²) in [5.74, 6) is 0.893. The van der Waals surface area contributed by atoms with Crippen LogP contribution < -0.4 is 10.5 Å². The van der Waals surface area contributed by atoms with Crippen molar-refractivity contribution < 1.29 is 4.74 Å². The van der Waals surface area contributed by atoms with Crippen molar-refractivity contribution in [2.45, 2.75) is 25.4 Å². The quantitative estimate of drug-likeness (QED) is 0.932. The number of hydrogen-bond donors (Lipinski definition) is 1. The van der Waals surface area contributed by atoms with Gasteiger partial charge in [0.05, 0.1) is 11.6 Å². The standard InChI is InChI=1S/C20H20N2O/c1-2-20(11-12-21)13-18(16-9-7-15(14-22)8-10-16)17-5-3-4-6-19(17)23-20/h3-10,13H,2,11-12,21H2,1H3. The molecule has 0 aliphatic carbocycles. The Balaban J connectivity index is 2.14. The molecule has 0 spiro atoms. The molecule has 23 heavy (non-hydrogen) atoms. The molecule has 2 aromatic rings. The van der Waals surface area contributed by atoms with E-state index in [9.17, 15) is 0 Å². The highest BCUT2D eigenvalue weighted by atomic mass is 16.5. The number of benzene rings is 2. The lowest BCUT2D eigenvalue weighted by molar-refractivity contribution is 0.105. The van der Waals surface area contributed by atoms with Crippen molar-refractivity contribution in [3.05, 3.63) is 71.3 Å². The summed E-state index contributed by atoms with van der Waals surface area (Å²) in [4.78, 5) is 0. The van der Waals surface area contributed by atoms with E-state index >= 15 is 0 Å². The molecule has 0 radical (unpaired) electrons. The first-order chi connectivity index (χ1) is 11.2. The number of fused-ring (bicyclic) bond motifs is 1. The minimum atomic E-state index is -0.369. The number of nitriles is 1. The van der Waals surface area contributed by atoms with Gasteiger partial charge < -0.3 is 10.5 Å². The molecule has 3 nitrogen and oxygen atoms in total. The maximum absolute atomic E-state index is 8.99. The third kappa shape index (κ3) is 2.86. The molecule has 0 fully saturated rings. The number of para-hydroxylation sites is 1. The smallest absolute Gasteiger partial charge is 0.129 e. The highest BCUT2D eigenvalue weighted by Crippen LogP contribution is 2.41. The van der Waals surface area contributed by atoms with Gasteiger partial charge >= 0.3 is 0 Å². The van der Waals surface area contributed by atoms with Crippen molar-refractivity contribution in [3.63, 3.8) is 0 Å². The van der Waals surface area contributed by atoms with Gasteiger partial charge in [-0.3, -0.25) is 0 Å². The average Bonchev–Trinajstić information content (AvgIpc) is 2.61. The summed E-state index contributed by atoms with van der Waals surface area (Å²) in [6.07, 6.45) is 3.83. The first-order valence-electron chi connectivity index (χ1n) is 7.93. The highest BCUT2D eigenvalue weighted by molar-refractivity contribution is 5.84. The molecular weight excluding hydrogens is 284 g/mol. The SMILES string of the molecule is CCC1(CCN)C=C(c2ccc(C#N)cc2)c2ccccc2O1. The zero-order chi connectivity index (χ0) is 16.3. The van der Waals surface area contributed by atoms with E-state index in [1.807, 2.05) is 42.5 Å². The van der Waals surface area contributed by atoms with E-state index in [1.54, 1.807) is 0 Å². The fourth-order valence-corrected chi connectivity index (χ4v) is 3.05. The second-order valence-corrected chi connectivity index (χ2v) is 5.80. The number of nitrogens with zero attached hydrogens (tertiary/aromatic N) is 1. The van der Waals surface area contributed by atoms with E-state index in [2.05, 4.69) is 25.1 Å². The van der Waals surface area contributed by atoms with Crippen molar-refractivity contribution in [2.75, 3.05) is 6.54 Å². The first kappa shape index (κ1) is 15.3. The summed E-state index contributed by atoms with van der Waals surface area (Å²) in [6, 6.07) is 17.9. The Morgan fingerprint density at radius 1 is 1.13 bits per heavy atom. The molecule has 116 valence electrons. The Hall–Kier alpha value is -2.57. The van der Waals surface area contributed by atoms with Gasteiger partial charge in [0, 0.05) is 12.0 Å². The van der Waals surface area contributed by atoms with Crippen molar-refractivity contribution >= 4 is 5.57 Å². The fraction of sp³-hybridized carbons (Fsp3) is 0.250. The van der Waals surface area contributed by atoms with Gasteiger partial charge in [-0.05, 0) is 48.4 Å². The molecule has 1 aliphatic heterocycles. The Morgan fingerprint density at radius 2 is 1.87 bits per heavy atom. The van der Waals surface area contributed by atoms with Crippen molar-refractivity contribution in [3.8, 4) is 11.8 Å². The van der Waals surface area contributed by atoms with Gasteiger partial charge in [-0.15, -0.1) is 0 Å². The lowest BCUT2D eigenvalue weighted by Crippen LogP contribution is -2.38. The third-order valence-electron chi connectivity index (χ3n) is 4.39. The molecule has 1 unspecified atom stereocenters. The van der Waals surface area contributed by atoms with Crippen LogP contribution in [0.15, 0.2) is 54.6 Å². The third-order valence-corrected chi connectivity index (χ3v) is 4.39. The van der Waals surface area contributed by atoms with Gasteiger partial charge in [-0.1, -0.05) is 37.3 Å². The molecule has 1 atom stereocenters. The van der Waals surface area contributed by atoms with E-state index in [1.165, 1.54) is 0 Å². The lowest BCUT2D eigenvalue weighted by atomic mass is 9.85. The minimum Gasteiger partial charge on any atom is -0.482 e. The topological polar surface area (TPSA) is 59.0 Å². The first-order valence-corrected chi connectivity index (χ1v) is 7.93. The molecule has 1 heterocycles. The molecule has 2 aromatic carbocycles. The predicted molar refractivity (Wildman–Crippen MR) is 92.0 cm³/mol. The molecule has 0 aromatic heterocycles. The summed E-state index contributed by atoms with van der Waals surface area (Å²) in [5, 5.41) is 8.99. The van der Waals surface area contributed by atoms with Crippen molar-refractivity contribution in [2.24, 2.45) is 5.73 Å². The number of nitrogens with two attached hydrogens (primary N) is 1. The Labute approximate surface area is 137 Å². The van der Waals surface area contributed by atoms with Gasteiger partial charge in [-0.25, -0.2) is 0 Å². The van der Waals surface area contributed by atoms with Crippen molar-refractivity contribution in [1.29, 1.82) is 5.26 Å². The van der Waals surface area contributed by atoms with Crippen LogP contribution in [-0.2, 0) is 0 Å². The highest BCUT2D eigenvalue weighted by Gasteiger charge is 2.33. The van der Waals surface area contributed by atoms with E-state index < -0.39 is 0 Å². The predicted octanol–water partition coefficient (Wildman–Crippen LogP) is 3.88. The summed E-state index contributed by atoms with van der Waals surface area (Å²) in [5.41, 5.74) is 9.43. The molecular formula is C20H20N2O. The molecule has 0 bridgehead atoms. The van der Waals surface area contributed by atoms with Crippen LogP contribution in [0, 0.1) is 11.3 Å². The normalized spacial score (nSPS) is 19.3. The molecule has 3 heteroatoms. The molecule has 1 aliphatic rings. The van der Waals surface area contributed by atoms with Crippen LogP contribution >= 0.6 is 0 Å². The molecule has 0 amide bonds. The van der Waals surface area contributed by atoms with Crippen LogP contribution in [0.3, 0.4) is 0 Å². The van der Waals surface area contributed by atoms with Crippen LogP contribution in [-0.4, -0.2) is 12.1 Å². The van der Waals surface area contributed by atoms with Crippen molar-refractivity contribution in [1.82, 2.24) is 0 Å². The Kier molecular flexibility index (Phi) is 4.18. The molecule has 2 N–H and O–H groups in total. The summed E-state index contributed by atoms with van der Waals surface area (Å²) >= 11 is 0. The largest absolute Gasteiger partial charge is 0.482 e. The Bertz CT molecular complexity index is 771. The van der Waals surface area contributed by atoms with Gasteiger partial charge in [-0.2, -0.15) is 5.26 Å². The van der Waals surface area contributed by atoms with Gasteiger partial charge in [0.2, 0.25) is 0 Å². The number of rotatable bonds is 4. The van der Waals surface area contributed by atoms with Crippen LogP contribution in [0.5, 0.6) is 5.75 Å². The summed E-state index contributed by atoms with van der Waals surface area (Å²) in [6.45, 7) is 2.70. The van der Waals surface area contributed by atoms with E-state index in [0.717, 1.165) is 35.3 Å². The fourth-order valence-electron chi connectivity index (χ4n) is 3.05. The van der Waals surface area contributed by atoms with Crippen LogP contribution in [0.1, 0.15) is 36.5 Å².